The van der Waals surface area contributed by atoms with Crippen LogP contribution in [0.15, 0.2) is 59.6 Å². The van der Waals surface area contributed by atoms with Crippen LogP contribution in [0.4, 0.5) is 5.69 Å². The second-order valence-corrected chi connectivity index (χ2v) is 8.87. The third kappa shape index (κ3) is 6.31. The molecule has 2 aromatic carbocycles. The number of anilines is 1. The average molecular weight is 573 g/mol. The third-order valence-electron chi connectivity index (χ3n) is 6.56. The van der Waals surface area contributed by atoms with E-state index in [2.05, 4.69) is 94.5 Å². The standard InChI is InChI=1S/C27H36N6.HI/c1-20(24-13-10-14-25(17-24)32-15-8-9-16-32)30-27(28-4)29-18-26-21(2)31-33(22(26)3)19-23-11-6-5-7-12-23;/h5-7,10-14,17,20H,8-9,15-16,18-19H2,1-4H3,(H2,28,29,30);1H. The number of aliphatic imine (C=N–C) groups is 1. The maximum atomic E-state index is 4.78. The van der Waals surface area contributed by atoms with E-state index in [-0.39, 0.29) is 30.0 Å². The van der Waals surface area contributed by atoms with Crippen molar-refractivity contribution in [3.63, 3.8) is 0 Å². The number of nitrogens with zero attached hydrogens (tertiary/aromatic N) is 4. The molecule has 34 heavy (non-hydrogen) atoms. The van der Waals surface area contributed by atoms with E-state index in [0.717, 1.165) is 31.3 Å². The Labute approximate surface area is 220 Å². The fraction of sp³-hybridized carbons (Fsp3) is 0.407. The first-order chi connectivity index (χ1) is 16.0. The summed E-state index contributed by atoms with van der Waals surface area (Å²) in [4.78, 5) is 6.93. The summed E-state index contributed by atoms with van der Waals surface area (Å²) >= 11 is 0. The molecule has 1 aromatic heterocycles. The number of guanidine groups is 1. The van der Waals surface area contributed by atoms with Gasteiger partial charge in [0.25, 0.3) is 0 Å². The summed E-state index contributed by atoms with van der Waals surface area (Å²) in [5.74, 6) is 0.795. The van der Waals surface area contributed by atoms with E-state index < -0.39 is 0 Å². The predicted octanol–water partition coefficient (Wildman–Crippen LogP) is 5.19. The minimum atomic E-state index is 0. The van der Waals surface area contributed by atoms with Crippen LogP contribution in [0.3, 0.4) is 0 Å². The van der Waals surface area contributed by atoms with Gasteiger partial charge in [0, 0.05) is 43.6 Å². The molecule has 0 spiro atoms. The first kappa shape index (κ1) is 26.1. The third-order valence-corrected chi connectivity index (χ3v) is 6.56. The lowest BCUT2D eigenvalue weighted by atomic mass is 10.1. The Balaban J connectivity index is 0.00000324. The molecule has 1 atom stereocenters. The summed E-state index contributed by atoms with van der Waals surface area (Å²) in [6.07, 6.45) is 2.57. The minimum Gasteiger partial charge on any atom is -0.372 e. The van der Waals surface area contributed by atoms with Crippen molar-refractivity contribution in [3.05, 3.63) is 82.7 Å². The minimum absolute atomic E-state index is 0. The highest BCUT2D eigenvalue weighted by molar-refractivity contribution is 14.0. The summed E-state index contributed by atoms with van der Waals surface area (Å²) in [7, 11) is 1.82. The monoisotopic (exact) mass is 572 g/mol. The molecule has 182 valence electrons. The highest BCUT2D eigenvalue weighted by Gasteiger charge is 2.16. The molecule has 0 bridgehead atoms. The topological polar surface area (TPSA) is 57.5 Å². The molecule has 1 aliphatic rings. The molecule has 1 fully saturated rings. The number of aromatic nitrogens is 2. The predicted molar refractivity (Wildman–Crippen MR) is 152 cm³/mol. The van der Waals surface area contributed by atoms with Crippen LogP contribution in [0.5, 0.6) is 0 Å². The highest BCUT2D eigenvalue weighted by Crippen LogP contribution is 2.24. The van der Waals surface area contributed by atoms with Gasteiger partial charge in [-0.15, -0.1) is 24.0 Å². The summed E-state index contributed by atoms with van der Waals surface area (Å²) < 4.78 is 2.09. The van der Waals surface area contributed by atoms with Gasteiger partial charge >= 0.3 is 0 Å². The second-order valence-electron chi connectivity index (χ2n) is 8.87. The van der Waals surface area contributed by atoms with Gasteiger partial charge in [0.05, 0.1) is 18.3 Å². The molecule has 4 rings (SSSR count). The van der Waals surface area contributed by atoms with Gasteiger partial charge in [-0.3, -0.25) is 9.67 Å². The van der Waals surface area contributed by atoms with Gasteiger partial charge in [0.1, 0.15) is 0 Å². The molecule has 2 N–H and O–H groups in total. The zero-order chi connectivity index (χ0) is 23.2. The van der Waals surface area contributed by atoms with Crippen molar-refractivity contribution in [2.75, 3.05) is 25.0 Å². The van der Waals surface area contributed by atoms with Crippen LogP contribution in [0.1, 0.15) is 53.9 Å². The van der Waals surface area contributed by atoms with Gasteiger partial charge in [0.2, 0.25) is 0 Å². The lowest BCUT2D eigenvalue weighted by Gasteiger charge is -2.22. The van der Waals surface area contributed by atoms with Gasteiger partial charge in [-0.2, -0.15) is 5.10 Å². The normalized spacial score (nSPS) is 14.6. The van der Waals surface area contributed by atoms with E-state index in [4.69, 9.17) is 5.10 Å². The Kier molecular flexibility index (Phi) is 9.38. The van der Waals surface area contributed by atoms with Crippen molar-refractivity contribution in [2.24, 2.45) is 4.99 Å². The molecule has 0 saturated carbocycles. The summed E-state index contributed by atoms with van der Waals surface area (Å²) in [6, 6.07) is 19.5. The van der Waals surface area contributed by atoms with E-state index in [9.17, 15) is 0 Å². The zero-order valence-corrected chi connectivity index (χ0v) is 23.0. The maximum absolute atomic E-state index is 4.78. The van der Waals surface area contributed by atoms with Crippen LogP contribution < -0.4 is 15.5 Å². The molecule has 0 amide bonds. The summed E-state index contributed by atoms with van der Waals surface area (Å²) in [5.41, 5.74) is 7.30. The number of halogens is 1. The van der Waals surface area contributed by atoms with Crippen LogP contribution in [-0.4, -0.2) is 35.9 Å². The van der Waals surface area contributed by atoms with Crippen molar-refractivity contribution >= 4 is 35.6 Å². The lowest BCUT2D eigenvalue weighted by molar-refractivity contribution is 0.656. The molecule has 0 aliphatic carbocycles. The van der Waals surface area contributed by atoms with E-state index in [1.54, 1.807) is 0 Å². The number of hydrogen-bond donors (Lipinski definition) is 2. The van der Waals surface area contributed by atoms with E-state index >= 15 is 0 Å². The quantitative estimate of drug-likeness (QED) is 0.233. The van der Waals surface area contributed by atoms with Gasteiger partial charge in [-0.25, -0.2) is 0 Å². The molecule has 0 radical (unpaired) electrons. The van der Waals surface area contributed by atoms with Crippen molar-refractivity contribution in [1.82, 2.24) is 20.4 Å². The average Bonchev–Trinajstić information content (AvgIpc) is 3.46. The Hall–Kier alpha value is -2.55. The number of rotatable bonds is 7. The van der Waals surface area contributed by atoms with Gasteiger partial charge in [0.15, 0.2) is 5.96 Å². The van der Waals surface area contributed by atoms with Gasteiger partial charge < -0.3 is 15.5 Å². The van der Waals surface area contributed by atoms with E-state index in [1.807, 2.05) is 13.1 Å². The Morgan fingerprint density at radius 2 is 1.79 bits per heavy atom. The molecule has 1 saturated heterocycles. The first-order valence-corrected chi connectivity index (χ1v) is 11.9. The Morgan fingerprint density at radius 1 is 1.06 bits per heavy atom. The van der Waals surface area contributed by atoms with Crippen molar-refractivity contribution in [2.45, 2.75) is 52.7 Å². The van der Waals surface area contributed by atoms with Gasteiger partial charge in [-0.1, -0.05) is 42.5 Å². The van der Waals surface area contributed by atoms with Crippen LogP contribution in [-0.2, 0) is 13.1 Å². The lowest BCUT2D eigenvalue weighted by Crippen LogP contribution is -2.38. The second kappa shape index (κ2) is 12.2. The van der Waals surface area contributed by atoms with Gasteiger partial charge in [-0.05, 0) is 56.9 Å². The van der Waals surface area contributed by atoms with Crippen LogP contribution in [0.25, 0.3) is 0 Å². The summed E-state index contributed by atoms with van der Waals surface area (Å²) in [5, 5.41) is 11.8. The number of aryl methyl sites for hydroxylation is 1. The van der Waals surface area contributed by atoms with E-state index in [1.165, 1.54) is 40.9 Å². The van der Waals surface area contributed by atoms with Crippen molar-refractivity contribution in [3.8, 4) is 0 Å². The fourth-order valence-electron chi connectivity index (χ4n) is 4.52. The van der Waals surface area contributed by atoms with Crippen LogP contribution in [0.2, 0.25) is 0 Å². The number of nitrogens with one attached hydrogen (secondary N) is 2. The number of benzene rings is 2. The van der Waals surface area contributed by atoms with Crippen LogP contribution >= 0.6 is 24.0 Å². The number of hydrogen-bond acceptors (Lipinski definition) is 3. The van der Waals surface area contributed by atoms with Crippen molar-refractivity contribution < 1.29 is 0 Å². The first-order valence-electron chi connectivity index (χ1n) is 11.9. The molecule has 6 nitrogen and oxygen atoms in total. The van der Waals surface area contributed by atoms with E-state index in [0.29, 0.717) is 6.54 Å². The Morgan fingerprint density at radius 3 is 2.50 bits per heavy atom. The SMILES string of the molecule is CN=C(NCc1c(C)nn(Cc2ccccc2)c1C)NC(C)c1cccc(N2CCCC2)c1.I. The molecule has 3 aromatic rings. The zero-order valence-electron chi connectivity index (χ0n) is 20.7. The largest absolute Gasteiger partial charge is 0.372 e. The molecule has 7 heteroatoms. The molecule has 1 aliphatic heterocycles. The fourth-order valence-corrected chi connectivity index (χ4v) is 4.52. The highest BCUT2D eigenvalue weighted by atomic mass is 127. The molecule has 2 heterocycles. The summed E-state index contributed by atoms with van der Waals surface area (Å²) in [6.45, 7) is 10.2. The van der Waals surface area contributed by atoms with Crippen molar-refractivity contribution in [1.29, 1.82) is 0 Å². The Bertz CT molecular complexity index is 1090. The molecular weight excluding hydrogens is 535 g/mol. The van der Waals surface area contributed by atoms with Crippen LogP contribution in [0, 0.1) is 13.8 Å². The molecule has 1 unspecified atom stereocenters. The molecular formula is C27H37IN6. The smallest absolute Gasteiger partial charge is 0.191 e. The maximum Gasteiger partial charge on any atom is 0.191 e.